The van der Waals surface area contributed by atoms with Crippen molar-refractivity contribution in [3.8, 4) is 23.0 Å². The second-order valence-electron chi connectivity index (χ2n) is 8.33. The fourth-order valence-electron chi connectivity index (χ4n) is 4.35. The summed E-state index contributed by atoms with van der Waals surface area (Å²) >= 11 is 0. The molecule has 34 heavy (non-hydrogen) atoms. The summed E-state index contributed by atoms with van der Waals surface area (Å²) in [5.41, 5.74) is 4.88. The average Bonchev–Trinajstić information content (AvgIpc) is 3.21. The van der Waals surface area contributed by atoms with E-state index in [9.17, 15) is 4.79 Å². The Morgan fingerprint density at radius 1 is 0.794 bits per heavy atom. The van der Waals surface area contributed by atoms with E-state index in [4.69, 9.17) is 10.4 Å². The number of nitrogens with zero attached hydrogens (tertiary/aromatic N) is 5. The molecule has 1 amide bonds. The van der Waals surface area contributed by atoms with Gasteiger partial charge >= 0.3 is 0 Å². The summed E-state index contributed by atoms with van der Waals surface area (Å²) < 4.78 is 1.79. The third kappa shape index (κ3) is 4.41. The zero-order valence-corrected chi connectivity index (χ0v) is 18.8. The molecule has 1 aliphatic heterocycles. The predicted molar refractivity (Wildman–Crippen MR) is 133 cm³/mol. The molecule has 0 unspecified atom stereocenters. The highest BCUT2D eigenvalue weighted by molar-refractivity contribution is 6.00. The number of carbonyl (C=O) groups excluding carboxylic acids is 1. The molecule has 6 heteroatoms. The maximum absolute atomic E-state index is 13.7. The van der Waals surface area contributed by atoms with Gasteiger partial charge in [0.05, 0.1) is 22.9 Å². The van der Waals surface area contributed by atoms with Crippen LogP contribution in [0.5, 0.6) is 0 Å². The fraction of sp³-hybridized carbons (Fsp3) is 0.179. The van der Waals surface area contributed by atoms with Gasteiger partial charge < -0.3 is 9.80 Å². The first-order chi connectivity index (χ1) is 16.7. The van der Waals surface area contributed by atoms with E-state index in [1.54, 1.807) is 4.68 Å². The summed E-state index contributed by atoms with van der Waals surface area (Å²) in [7, 11) is 0. The maximum Gasteiger partial charge on any atom is 0.257 e. The molecule has 168 valence electrons. The van der Waals surface area contributed by atoms with E-state index in [1.807, 2.05) is 96.0 Å². The van der Waals surface area contributed by atoms with E-state index >= 15 is 0 Å². The quantitative estimate of drug-likeness (QED) is 0.452. The first-order valence-electron chi connectivity index (χ1n) is 11.5. The van der Waals surface area contributed by atoms with Crippen LogP contribution in [0.4, 0.5) is 5.69 Å². The van der Waals surface area contributed by atoms with Gasteiger partial charge in [-0.05, 0) is 42.8 Å². The molecule has 5 rings (SSSR count). The Hall–Kier alpha value is -4.37. The van der Waals surface area contributed by atoms with Crippen LogP contribution in [0.15, 0.2) is 91.1 Å². The van der Waals surface area contributed by atoms with Crippen molar-refractivity contribution in [3.63, 3.8) is 0 Å². The van der Waals surface area contributed by atoms with Crippen LogP contribution in [-0.2, 0) is 0 Å². The number of benzene rings is 3. The molecule has 0 bridgehead atoms. The molecular formula is C28H25N5O. The number of nitriles is 1. The molecule has 1 aliphatic rings. The standard InChI is InChI=1S/C28H25N5O/c29-20-22-12-14-24(15-13-22)31-16-7-17-32(19-18-31)28(34)26-21-33(25-10-5-2-6-11-25)30-27(26)23-8-3-1-4-9-23/h1-6,8-15,21H,7,16-19H2. The summed E-state index contributed by atoms with van der Waals surface area (Å²) in [6.07, 6.45) is 2.72. The van der Waals surface area contributed by atoms with Gasteiger partial charge in [-0.3, -0.25) is 4.79 Å². The SMILES string of the molecule is N#Cc1ccc(N2CCCN(C(=O)c3cn(-c4ccccc4)nc3-c3ccccc3)CC2)cc1. The van der Waals surface area contributed by atoms with Gasteiger partial charge in [0.15, 0.2) is 0 Å². The lowest BCUT2D eigenvalue weighted by atomic mass is 10.1. The Morgan fingerprint density at radius 3 is 2.21 bits per heavy atom. The van der Waals surface area contributed by atoms with Crippen LogP contribution in [0.3, 0.4) is 0 Å². The largest absolute Gasteiger partial charge is 0.370 e. The molecule has 1 fully saturated rings. The number of aromatic nitrogens is 2. The topological polar surface area (TPSA) is 65.2 Å². The minimum absolute atomic E-state index is 0.00251. The number of amides is 1. The van der Waals surface area contributed by atoms with Crippen LogP contribution in [0.2, 0.25) is 0 Å². The van der Waals surface area contributed by atoms with Crippen molar-refractivity contribution in [2.24, 2.45) is 0 Å². The van der Waals surface area contributed by atoms with Crippen molar-refractivity contribution in [3.05, 3.63) is 102 Å². The van der Waals surface area contributed by atoms with E-state index in [0.29, 0.717) is 29.9 Å². The first kappa shape index (κ1) is 21.5. The van der Waals surface area contributed by atoms with Crippen molar-refractivity contribution < 1.29 is 4.79 Å². The lowest BCUT2D eigenvalue weighted by molar-refractivity contribution is 0.0768. The minimum Gasteiger partial charge on any atom is -0.370 e. The Kier molecular flexibility index (Phi) is 6.09. The van der Waals surface area contributed by atoms with Crippen molar-refractivity contribution >= 4 is 11.6 Å². The molecule has 0 N–H and O–H groups in total. The highest BCUT2D eigenvalue weighted by Gasteiger charge is 2.25. The molecule has 4 aromatic rings. The molecule has 3 aromatic carbocycles. The highest BCUT2D eigenvalue weighted by atomic mass is 16.2. The third-order valence-electron chi connectivity index (χ3n) is 6.16. The molecule has 2 heterocycles. The van der Waals surface area contributed by atoms with Gasteiger partial charge in [-0.2, -0.15) is 10.4 Å². The van der Waals surface area contributed by atoms with E-state index in [0.717, 1.165) is 36.4 Å². The van der Waals surface area contributed by atoms with E-state index in [-0.39, 0.29) is 5.91 Å². The molecular weight excluding hydrogens is 422 g/mol. The number of para-hydroxylation sites is 1. The number of hydrogen-bond acceptors (Lipinski definition) is 4. The summed E-state index contributed by atoms with van der Waals surface area (Å²) in [5, 5.41) is 13.9. The van der Waals surface area contributed by atoms with Crippen LogP contribution < -0.4 is 4.90 Å². The van der Waals surface area contributed by atoms with Crippen molar-refractivity contribution in [2.75, 3.05) is 31.1 Å². The van der Waals surface area contributed by atoms with Crippen LogP contribution in [0, 0.1) is 11.3 Å². The van der Waals surface area contributed by atoms with Crippen LogP contribution in [-0.4, -0.2) is 46.8 Å². The zero-order valence-electron chi connectivity index (χ0n) is 18.8. The van der Waals surface area contributed by atoms with Gasteiger partial charge in [-0.15, -0.1) is 0 Å². The fourth-order valence-corrected chi connectivity index (χ4v) is 4.35. The molecule has 6 nitrogen and oxygen atoms in total. The molecule has 0 spiro atoms. The molecule has 1 aromatic heterocycles. The molecule has 0 radical (unpaired) electrons. The summed E-state index contributed by atoms with van der Waals surface area (Å²) in [4.78, 5) is 17.9. The van der Waals surface area contributed by atoms with Crippen molar-refractivity contribution in [1.29, 1.82) is 5.26 Å². The summed E-state index contributed by atoms with van der Waals surface area (Å²) in [6.45, 7) is 2.93. The highest BCUT2D eigenvalue weighted by Crippen LogP contribution is 2.26. The average molecular weight is 448 g/mol. The molecule has 1 saturated heterocycles. The van der Waals surface area contributed by atoms with Crippen LogP contribution in [0.1, 0.15) is 22.3 Å². The van der Waals surface area contributed by atoms with E-state index in [2.05, 4.69) is 11.0 Å². The Bertz CT molecular complexity index is 1310. The Morgan fingerprint density at radius 2 is 1.50 bits per heavy atom. The molecule has 0 atom stereocenters. The minimum atomic E-state index is 0.00251. The van der Waals surface area contributed by atoms with E-state index in [1.165, 1.54) is 0 Å². The first-order valence-corrected chi connectivity index (χ1v) is 11.5. The number of rotatable bonds is 4. The molecule has 0 saturated carbocycles. The zero-order chi connectivity index (χ0) is 23.3. The Balaban J connectivity index is 1.41. The van der Waals surface area contributed by atoms with Crippen molar-refractivity contribution in [2.45, 2.75) is 6.42 Å². The number of carbonyl (C=O) groups is 1. The van der Waals surface area contributed by atoms with Gasteiger partial charge in [-0.25, -0.2) is 4.68 Å². The number of hydrogen-bond donors (Lipinski definition) is 0. The normalized spacial score (nSPS) is 13.9. The molecule has 0 aliphatic carbocycles. The van der Waals surface area contributed by atoms with Gasteiger partial charge in [0.25, 0.3) is 5.91 Å². The van der Waals surface area contributed by atoms with Crippen LogP contribution >= 0.6 is 0 Å². The van der Waals surface area contributed by atoms with Gasteiger partial charge in [0, 0.05) is 43.6 Å². The predicted octanol–water partition coefficient (Wildman–Crippen LogP) is 4.76. The summed E-state index contributed by atoms with van der Waals surface area (Å²) in [6, 6.07) is 29.5. The summed E-state index contributed by atoms with van der Waals surface area (Å²) in [5.74, 6) is 0.00251. The van der Waals surface area contributed by atoms with Gasteiger partial charge in [-0.1, -0.05) is 48.5 Å². The second kappa shape index (κ2) is 9.63. The Labute approximate surface area is 199 Å². The number of anilines is 1. The van der Waals surface area contributed by atoms with E-state index < -0.39 is 0 Å². The lowest BCUT2D eigenvalue weighted by Gasteiger charge is -2.23. The second-order valence-corrected chi connectivity index (χ2v) is 8.33. The third-order valence-corrected chi connectivity index (χ3v) is 6.16. The van der Waals surface area contributed by atoms with Crippen molar-refractivity contribution in [1.82, 2.24) is 14.7 Å². The van der Waals surface area contributed by atoms with Gasteiger partial charge in [0.2, 0.25) is 0 Å². The monoisotopic (exact) mass is 447 g/mol. The van der Waals surface area contributed by atoms with Gasteiger partial charge in [0.1, 0.15) is 5.69 Å². The maximum atomic E-state index is 13.7. The smallest absolute Gasteiger partial charge is 0.257 e. The lowest BCUT2D eigenvalue weighted by Crippen LogP contribution is -2.35. The van der Waals surface area contributed by atoms with Crippen LogP contribution in [0.25, 0.3) is 16.9 Å².